The summed E-state index contributed by atoms with van der Waals surface area (Å²) in [5, 5.41) is 0. The van der Waals surface area contributed by atoms with Gasteiger partial charge < -0.3 is 4.74 Å². The summed E-state index contributed by atoms with van der Waals surface area (Å²) in [5.41, 5.74) is 0.363. The van der Waals surface area contributed by atoms with E-state index in [1.165, 1.54) is 6.42 Å². The Morgan fingerprint density at radius 3 is 2.67 bits per heavy atom. The quantitative estimate of drug-likeness (QED) is 0.770. The highest BCUT2D eigenvalue weighted by molar-refractivity contribution is 9.10. The molecule has 4 heteroatoms. The Morgan fingerprint density at radius 1 is 1.33 bits per heavy atom. The lowest BCUT2D eigenvalue weighted by molar-refractivity contribution is 0.0530. The zero-order chi connectivity index (χ0) is 13.3. The van der Waals surface area contributed by atoms with Crippen LogP contribution in [0.25, 0.3) is 0 Å². The van der Waals surface area contributed by atoms with Crippen LogP contribution in [0.3, 0.4) is 0 Å². The van der Waals surface area contributed by atoms with Gasteiger partial charge in [0.1, 0.15) is 16.5 Å². The average molecular weight is 313 g/mol. The first-order valence-electron chi connectivity index (χ1n) is 6.52. The van der Waals surface area contributed by atoms with E-state index >= 15 is 0 Å². The van der Waals surface area contributed by atoms with Gasteiger partial charge in [-0.15, -0.1) is 0 Å². The van der Waals surface area contributed by atoms with Crippen LogP contribution >= 0.6 is 15.9 Å². The van der Waals surface area contributed by atoms with Crippen LogP contribution in [0.5, 0.6) is 5.88 Å². The van der Waals surface area contributed by atoms with E-state index in [-0.39, 0.29) is 6.10 Å². The van der Waals surface area contributed by atoms with Crippen molar-refractivity contribution in [3.8, 4) is 5.88 Å². The number of aromatic nitrogens is 2. The first kappa shape index (κ1) is 13.8. The highest BCUT2D eigenvalue weighted by Crippen LogP contribution is 2.39. The van der Waals surface area contributed by atoms with Crippen LogP contribution in [0.15, 0.2) is 10.7 Å². The van der Waals surface area contributed by atoms with Crippen molar-refractivity contribution in [2.24, 2.45) is 11.3 Å². The van der Waals surface area contributed by atoms with E-state index in [9.17, 15) is 0 Å². The molecule has 2 rings (SSSR count). The molecule has 1 aromatic heterocycles. The van der Waals surface area contributed by atoms with E-state index in [4.69, 9.17) is 4.74 Å². The Hall–Kier alpha value is -0.640. The summed E-state index contributed by atoms with van der Waals surface area (Å²) < 4.78 is 6.83. The predicted molar refractivity (Wildman–Crippen MR) is 75.7 cm³/mol. The van der Waals surface area contributed by atoms with Gasteiger partial charge in [0.25, 0.3) is 0 Å². The van der Waals surface area contributed by atoms with E-state index in [1.54, 1.807) is 0 Å². The van der Waals surface area contributed by atoms with E-state index in [1.807, 2.05) is 13.0 Å². The van der Waals surface area contributed by atoms with Gasteiger partial charge in [0, 0.05) is 6.07 Å². The third kappa shape index (κ3) is 3.67. The van der Waals surface area contributed by atoms with Crippen LogP contribution < -0.4 is 4.74 Å². The number of hydrogen-bond donors (Lipinski definition) is 0. The topological polar surface area (TPSA) is 35.0 Å². The molecule has 1 aliphatic rings. The standard InChI is InChI=1S/C14H21BrN2O/c1-9-5-11(8-14(3,4)7-9)18-13-6-12(15)16-10(2)17-13/h6,9,11H,5,7-8H2,1-4H3. The van der Waals surface area contributed by atoms with Gasteiger partial charge in [0.2, 0.25) is 5.88 Å². The second-order valence-electron chi connectivity index (χ2n) is 6.23. The van der Waals surface area contributed by atoms with Crippen molar-refractivity contribution in [3.05, 3.63) is 16.5 Å². The fourth-order valence-electron chi connectivity index (χ4n) is 3.08. The maximum Gasteiger partial charge on any atom is 0.217 e. The second kappa shape index (κ2) is 5.16. The lowest BCUT2D eigenvalue weighted by Crippen LogP contribution is -2.34. The molecule has 1 aliphatic carbocycles. The minimum Gasteiger partial charge on any atom is -0.474 e. The summed E-state index contributed by atoms with van der Waals surface area (Å²) in [5.74, 6) is 2.14. The van der Waals surface area contributed by atoms with Gasteiger partial charge in [-0.25, -0.2) is 4.98 Å². The largest absolute Gasteiger partial charge is 0.474 e. The normalized spacial score (nSPS) is 26.9. The first-order valence-corrected chi connectivity index (χ1v) is 7.31. The summed E-state index contributed by atoms with van der Waals surface area (Å²) in [6, 6.07) is 1.85. The predicted octanol–water partition coefficient (Wildman–Crippen LogP) is 4.14. The highest BCUT2D eigenvalue weighted by Gasteiger charge is 2.33. The maximum atomic E-state index is 6.04. The molecule has 18 heavy (non-hydrogen) atoms. The summed E-state index contributed by atoms with van der Waals surface area (Å²) in [6.45, 7) is 8.82. The molecular weight excluding hydrogens is 292 g/mol. The molecule has 100 valence electrons. The average Bonchev–Trinajstić information content (AvgIpc) is 2.10. The number of hydrogen-bond acceptors (Lipinski definition) is 3. The number of ether oxygens (including phenoxy) is 1. The van der Waals surface area contributed by atoms with Gasteiger partial charge in [-0.3, -0.25) is 0 Å². The molecule has 0 aromatic carbocycles. The number of nitrogens with zero attached hydrogens (tertiary/aromatic N) is 2. The lowest BCUT2D eigenvalue weighted by atomic mass is 9.71. The molecule has 1 heterocycles. The number of aryl methyl sites for hydroxylation is 1. The smallest absolute Gasteiger partial charge is 0.217 e. The molecule has 1 fully saturated rings. The molecule has 0 bridgehead atoms. The Bertz CT molecular complexity index is 414. The van der Waals surface area contributed by atoms with Crippen molar-refractivity contribution in [2.45, 2.75) is 53.1 Å². The maximum absolute atomic E-state index is 6.04. The van der Waals surface area contributed by atoms with Crippen LogP contribution in [0.4, 0.5) is 0 Å². The van der Waals surface area contributed by atoms with Crippen LogP contribution in [0.1, 0.15) is 45.9 Å². The number of halogens is 1. The molecule has 0 amide bonds. The summed E-state index contributed by atoms with van der Waals surface area (Å²) in [7, 11) is 0. The zero-order valence-electron chi connectivity index (χ0n) is 11.5. The fourth-order valence-corrected chi connectivity index (χ4v) is 3.54. The van der Waals surface area contributed by atoms with Crippen LogP contribution in [-0.2, 0) is 0 Å². The highest BCUT2D eigenvalue weighted by atomic mass is 79.9. The third-order valence-corrected chi connectivity index (χ3v) is 3.82. The molecule has 0 aliphatic heterocycles. The van der Waals surface area contributed by atoms with Gasteiger partial charge in [-0.05, 0) is 53.4 Å². The summed E-state index contributed by atoms with van der Waals surface area (Å²) in [4.78, 5) is 8.53. The van der Waals surface area contributed by atoms with Crippen molar-refractivity contribution < 1.29 is 4.74 Å². The third-order valence-electron chi connectivity index (χ3n) is 3.42. The van der Waals surface area contributed by atoms with Crippen molar-refractivity contribution in [2.75, 3.05) is 0 Å². The molecule has 2 unspecified atom stereocenters. The van der Waals surface area contributed by atoms with Crippen molar-refractivity contribution in [3.63, 3.8) is 0 Å². The molecule has 1 saturated carbocycles. The molecule has 0 N–H and O–H groups in total. The van der Waals surface area contributed by atoms with Crippen molar-refractivity contribution >= 4 is 15.9 Å². The Morgan fingerprint density at radius 2 is 2.06 bits per heavy atom. The van der Waals surface area contributed by atoms with E-state index < -0.39 is 0 Å². The number of rotatable bonds is 2. The monoisotopic (exact) mass is 312 g/mol. The molecule has 0 spiro atoms. The molecule has 2 atom stereocenters. The van der Waals surface area contributed by atoms with E-state index in [2.05, 4.69) is 46.7 Å². The van der Waals surface area contributed by atoms with Crippen molar-refractivity contribution in [1.82, 2.24) is 9.97 Å². The molecule has 0 saturated heterocycles. The van der Waals surface area contributed by atoms with Gasteiger partial charge in [0.05, 0.1) is 0 Å². The van der Waals surface area contributed by atoms with Gasteiger partial charge in [0.15, 0.2) is 0 Å². The Balaban J connectivity index is 2.08. The lowest BCUT2D eigenvalue weighted by Gasteiger charge is -2.38. The van der Waals surface area contributed by atoms with Crippen molar-refractivity contribution in [1.29, 1.82) is 0 Å². The van der Waals surface area contributed by atoms with E-state index in [0.717, 1.165) is 23.3 Å². The molecule has 3 nitrogen and oxygen atoms in total. The molecule has 1 aromatic rings. The first-order chi connectivity index (χ1) is 8.34. The molecular formula is C14H21BrN2O. The minimum absolute atomic E-state index is 0.268. The summed E-state index contributed by atoms with van der Waals surface area (Å²) in [6.07, 6.45) is 3.76. The van der Waals surface area contributed by atoms with Gasteiger partial charge in [-0.2, -0.15) is 4.98 Å². The van der Waals surface area contributed by atoms with E-state index in [0.29, 0.717) is 17.2 Å². The SMILES string of the molecule is Cc1nc(Br)cc(OC2CC(C)CC(C)(C)C2)n1. The minimum atomic E-state index is 0.268. The Labute approximate surface area is 117 Å². The fraction of sp³-hybridized carbons (Fsp3) is 0.714. The van der Waals surface area contributed by atoms with Crippen LogP contribution in [-0.4, -0.2) is 16.1 Å². The van der Waals surface area contributed by atoms with Crippen LogP contribution in [0.2, 0.25) is 0 Å². The molecule has 0 radical (unpaired) electrons. The Kier molecular flexibility index (Phi) is 3.95. The van der Waals surface area contributed by atoms with Crippen LogP contribution in [0, 0.1) is 18.3 Å². The second-order valence-corrected chi connectivity index (χ2v) is 7.04. The zero-order valence-corrected chi connectivity index (χ0v) is 13.1. The van der Waals surface area contributed by atoms with Gasteiger partial charge in [-0.1, -0.05) is 20.8 Å². The summed E-state index contributed by atoms with van der Waals surface area (Å²) >= 11 is 3.38. The van der Waals surface area contributed by atoms with Gasteiger partial charge >= 0.3 is 0 Å².